The SMILES string of the molecule is C/C=C\C(C)=C1\C=CC=CC1C.CC.CCCOc1ccc(-c2ccc3c(c2)CCCO3)cc1CC. The van der Waals surface area contributed by atoms with E-state index in [2.05, 4.69) is 107 Å². The van der Waals surface area contributed by atoms with Crippen LogP contribution >= 0.6 is 0 Å². The lowest BCUT2D eigenvalue weighted by atomic mass is 9.92. The van der Waals surface area contributed by atoms with E-state index in [4.69, 9.17) is 9.47 Å². The molecular formula is C34H46O2. The Labute approximate surface area is 220 Å². The van der Waals surface area contributed by atoms with Crippen LogP contribution in [0.25, 0.3) is 11.1 Å². The van der Waals surface area contributed by atoms with Crippen molar-refractivity contribution >= 4 is 0 Å². The van der Waals surface area contributed by atoms with Crippen LogP contribution < -0.4 is 9.47 Å². The second-order valence-corrected chi connectivity index (χ2v) is 8.97. The number of ether oxygens (including phenoxy) is 2. The van der Waals surface area contributed by atoms with Gasteiger partial charge in [-0.2, -0.15) is 0 Å². The van der Waals surface area contributed by atoms with Crippen molar-refractivity contribution in [3.63, 3.8) is 0 Å². The Morgan fingerprint density at radius 1 is 1.06 bits per heavy atom. The van der Waals surface area contributed by atoms with Gasteiger partial charge in [-0.3, -0.25) is 0 Å². The van der Waals surface area contributed by atoms with Crippen molar-refractivity contribution in [3.05, 3.63) is 95.1 Å². The third kappa shape index (κ3) is 8.29. The maximum absolute atomic E-state index is 5.84. The molecule has 1 heterocycles. The molecule has 2 aromatic carbocycles. The molecule has 0 N–H and O–H groups in total. The number of aryl methyl sites for hydroxylation is 2. The van der Waals surface area contributed by atoms with Gasteiger partial charge in [0.1, 0.15) is 11.5 Å². The fourth-order valence-electron chi connectivity index (χ4n) is 4.41. The van der Waals surface area contributed by atoms with Gasteiger partial charge in [-0.1, -0.05) is 83.2 Å². The number of allylic oxidation sites excluding steroid dienone is 8. The number of fused-ring (bicyclic) bond motifs is 1. The first kappa shape index (κ1) is 29.2. The van der Waals surface area contributed by atoms with Gasteiger partial charge in [0.25, 0.3) is 0 Å². The molecule has 0 radical (unpaired) electrons. The van der Waals surface area contributed by atoms with Crippen LogP contribution in [0.15, 0.2) is 84.0 Å². The molecule has 0 fully saturated rings. The van der Waals surface area contributed by atoms with Crippen LogP contribution in [0.3, 0.4) is 0 Å². The monoisotopic (exact) mass is 486 g/mol. The van der Waals surface area contributed by atoms with E-state index in [9.17, 15) is 0 Å². The van der Waals surface area contributed by atoms with Gasteiger partial charge in [0.05, 0.1) is 13.2 Å². The first-order valence-corrected chi connectivity index (χ1v) is 13.8. The highest BCUT2D eigenvalue weighted by Crippen LogP contribution is 2.32. The maximum atomic E-state index is 5.84. The average molecular weight is 487 g/mol. The Morgan fingerprint density at radius 3 is 2.50 bits per heavy atom. The average Bonchev–Trinajstić information content (AvgIpc) is 2.93. The molecule has 1 aliphatic carbocycles. The molecular weight excluding hydrogens is 440 g/mol. The molecule has 2 aliphatic rings. The van der Waals surface area contributed by atoms with Crippen LogP contribution in [-0.4, -0.2) is 13.2 Å². The Kier molecular flexibility index (Phi) is 12.9. The fraction of sp³-hybridized carbons (Fsp3) is 0.412. The smallest absolute Gasteiger partial charge is 0.122 e. The Balaban J connectivity index is 0.000000277. The summed E-state index contributed by atoms with van der Waals surface area (Å²) in [5.74, 6) is 2.63. The molecule has 0 saturated heterocycles. The molecule has 2 heteroatoms. The van der Waals surface area contributed by atoms with Crippen LogP contribution in [-0.2, 0) is 12.8 Å². The van der Waals surface area contributed by atoms with Crippen molar-refractivity contribution in [1.29, 1.82) is 0 Å². The third-order valence-corrected chi connectivity index (χ3v) is 6.29. The molecule has 0 bridgehead atoms. The minimum Gasteiger partial charge on any atom is -0.493 e. The highest BCUT2D eigenvalue weighted by molar-refractivity contribution is 5.68. The summed E-state index contributed by atoms with van der Waals surface area (Å²) in [6, 6.07) is 13.1. The van der Waals surface area contributed by atoms with Crippen molar-refractivity contribution in [2.45, 2.75) is 74.1 Å². The quantitative estimate of drug-likeness (QED) is 0.404. The van der Waals surface area contributed by atoms with Gasteiger partial charge in [0, 0.05) is 0 Å². The van der Waals surface area contributed by atoms with Gasteiger partial charge in [-0.15, -0.1) is 0 Å². The van der Waals surface area contributed by atoms with Gasteiger partial charge in [0.15, 0.2) is 0 Å². The van der Waals surface area contributed by atoms with E-state index < -0.39 is 0 Å². The Bertz CT molecular complexity index is 1070. The van der Waals surface area contributed by atoms with Crippen molar-refractivity contribution in [2.75, 3.05) is 13.2 Å². The van der Waals surface area contributed by atoms with E-state index in [1.54, 1.807) is 0 Å². The molecule has 0 aromatic heterocycles. The largest absolute Gasteiger partial charge is 0.493 e. The topological polar surface area (TPSA) is 18.5 Å². The van der Waals surface area contributed by atoms with E-state index in [1.807, 2.05) is 13.8 Å². The standard InChI is InChI=1S/C20H24O2.C12H16.C2H6/c1-3-11-21-19-9-7-16(13-15(19)4-2)17-8-10-20-18(14-17)6-5-12-22-20;1-4-7-10(2)12-9-6-5-8-11(12)3;1-2/h7-10,13-14H,3-6,11-12H2,1-2H3;4-9,11H,1-3H3;1-2H3/b;7-4-,12-10-;. The van der Waals surface area contributed by atoms with E-state index >= 15 is 0 Å². The summed E-state index contributed by atoms with van der Waals surface area (Å²) in [4.78, 5) is 0. The summed E-state index contributed by atoms with van der Waals surface area (Å²) in [5.41, 5.74) is 7.92. The maximum Gasteiger partial charge on any atom is 0.122 e. The lowest BCUT2D eigenvalue weighted by Crippen LogP contribution is -2.08. The summed E-state index contributed by atoms with van der Waals surface area (Å²) in [6.45, 7) is 16.4. The molecule has 0 saturated carbocycles. The van der Waals surface area contributed by atoms with Crippen LogP contribution in [0.1, 0.15) is 72.4 Å². The van der Waals surface area contributed by atoms with Crippen LogP contribution in [0.4, 0.5) is 0 Å². The summed E-state index contributed by atoms with van der Waals surface area (Å²) in [6.07, 6.45) is 17.1. The predicted molar refractivity (Wildman–Crippen MR) is 157 cm³/mol. The first-order valence-electron chi connectivity index (χ1n) is 13.8. The minimum atomic E-state index is 0.561. The van der Waals surface area contributed by atoms with Crippen molar-refractivity contribution in [2.24, 2.45) is 5.92 Å². The summed E-state index contributed by atoms with van der Waals surface area (Å²) >= 11 is 0. The second kappa shape index (κ2) is 15.9. The Morgan fingerprint density at radius 2 is 1.81 bits per heavy atom. The highest BCUT2D eigenvalue weighted by Gasteiger charge is 2.12. The van der Waals surface area contributed by atoms with E-state index in [0.29, 0.717) is 5.92 Å². The van der Waals surface area contributed by atoms with Gasteiger partial charge in [0.2, 0.25) is 0 Å². The number of hydrogen-bond acceptors (Lipinski definition) is 2. The molecule has 0 spiro atoms. The van der Waals surface area contributed by atoms with Crippen LogP contribution in [0.2, 0.25) is 0 Å². The van der Waals surface area contributed by atoms with Crippen LogP contribution in [0, 0.1) is 5.92 Å². The highest BCUT2D eigenvalue weighted by atomic mass is 16.5. The molecule has 1 unspecified atom stereocenters. The molecule has 2 aromatic rings. The summed E-state index contributed by atoms with van der Waals surface area (Å²) < 4.78 is 11.5. The predicted octanol–water partition coefficient (Wildman–Crippen LogP) is 9.70. The lowest BCUT2D eigenvalue weighted by Gasteiger charge is -2.18. The van der Waals surface area contributed by atoms with Gasteiger partial charge in [-0.05, 0) is 103 Å². The molecule has 4 rings (SSSR count). The molecule has 1 aliphatic heterocycles. The zero-order chi connectivity index (χ0) is 26.3. The fourth-order valence-corrected chi connectivity index (χ4v) is 4.41. The van der Waals surface area contributed by atoms with Gasteiger partial charge in [-0.25, -0.2) is 0 Å². The zero-order valence-corrected chi connectivity index (χ0v) is 23.6. The zero-order valence-electron chi connectivity index (χ0n) is 23.6. The molecule has 2 nitrogen and oxygen atoms in total. The van der Waals surface area contributed by atoms with Gasteiger partial charge < -0.3 is 9.47 Å². The molecule has 1 atom stereocenters. The molecule has 194 valence electrons. The number of rotatable bonds is 6. The normalized spacial score (nSPS) is 17.2. The van der Waals surface area contributed by atoms with E-state index in [1.165, 1.54) is 33.4 Å². The van der Waals surface area contributed by atoms with Crippen molar-refractivity contribution < 1.29 is 9.47 Å². The lowest BCUT2D eigenvalue weighted by molar-refractivity contribution is 0.288. The first-order chi connectivity index (χ1) is 17.6. The Hall–Kier alpha value is -3.00. The second-order valence-electron chi connectivity index (χ2n) is 8.97. The van der Waals surface area contributed by atoms with Crippen LogP contribution in [0.5, 0.6) is 11.5 Å². The number of benzene rings is 2. The van der Waals surface area contributed by atoms with E-state index in [-0.39, 0.29) is 0 Å². The third-order valence-electron chi connectivity index (χ3n) is 6.29. The number of hydrogen-bond donors (Lipinski definition) is 0. The molecule has 36 heavy (non-hydrogen) atoms. The minimum absolute atomic E-state index is 0.561. The van der Waals surface area contributed by atoms with Gasteiger partial charge >= 0.3 is 0 Å². The molecule has 0 amide bonds. The van der Waals surface area contributed by atoms with Crippen molar-refractivity contribution in [3.8, 4) is 22.6 Å². The van der Waals surface area contributed by atoms with Crippen molar-refractivity contribution in [1.82, 2.24) is 0 Å². The van der Waals surface area contributed by atoms with E-state index in [0.717, 1.165) is 50.4 Å². The summed E-state index contributed by atoms with van der Waals surface area (Å²) in [5, 5.41) is 0. The summed E-state index contributed by atoms with van der Waals surface area (Å²) in [7, 11) is 0.